The number of fused-ring (bicyclic) bond motifs is 2. The normalized spacial score (nSPS) is 15.9. The Balaban J connectivity index is 1.42. The lowest BCUT2D eigenvalue weighted by Gasteiger charge is -2.16. The summed E-state index contributed by atoms with van der Waals surface area (Å²) in [4.78, 5) is 37.5. The van der Waals surface area contributed by atoms with Gasteiger partial charge in [-0.2, -0.15) is 0 Å². The highest BCUT2D eigenvalue weighted by atomic mass is 32.2. The van der Waals surface area contributed by atoms with Gasteiger partial charge in [0.05, 0.1) is 35.0 Å². The molecule has 1 N–H and O–H groups in total. The lowest BCUT2D eigenvalue weighted by atomic mass is 10.1. The van der Waals surface area contributed by atoms with Gasteiger partial charge in [0.1, 0.15) is 4.83 Å². The van der Waals surface area contributed by atoms with Gasteiger partial charge in [-0.15, -0.1) is 11.3 Å². The number of rotatable bonds is 7. The van der Waals surface area contributed by atoms with Gasteiger partial charge in [0.2, 0.25) is 5.91 Å². The van der Waals surface area contributed by atoms with Gasteiger partial charge >= 0.3 is 0 Å². The smallest absolute Gasteiger partial charge is 0.263 e. The fourth-order valence-corrected chi connectivity index (χ4v) is 6.41. The Hall–Kier alpha value is -2.75. The highest BCUT2D eigenvalue weighted by Gasteiger charge is 2.23. The maximum absolute atomic E-state index is 13.6. The molecule has 1 saturated heterocycles. The van der Waals surface area contributed by atoms with Crippen molar-refractivity contribution in [1.82, 2.24) is 14.5 Å². The first-order chi connectivity index (χ1) is 16.5. The predicted molar refractivity (Wildman–Crippen MR) is 138 cm³/mol. The van der Waals surface area contributed by atoms with Crippen molar-refractivity contribution >= 4 is 55.8 Å². The minimum Gasteiger partial charge on any atom is -0.376 e. The topological polar surface area (TPSA) is 86.1 Å². The van der Waals surface area contributed by atoms with E-state index in [1.165, 1.54) is 11.8 Å². The van der Waals surface area contributed by atoms with E-state index >= 15 is 0 Å². The van der Waals surface area contributed by atoms with E-state index in [0.717, 1.165) is 57.7 Å². The Morgan fingerprint density at radius 2 is 2.21 bits per heavy atom. The summed E-state index contributed by atoms with van der Waals surface area (Å²) in [6.45, 7) is 5.28. The second-order valence-corrected chi connectivity index (χ2v) is 10.5. The summed E-state index contributed by atoms with van der Waals surface area (Å²) in [6, 6.07) is 9.44. The predicted octanol–water partition coefficient (Wildman–Crippen LogP) is 4.79. The average Bonchev–Trinajstić information content (AvgIpc) is 3.47. The van der Waals surface area contributed by atoms with Crippen molar-refractivity contribution in [3.05, 3.63) is 57.3 Å². The molecule has 1 aromatic carbocycles. The van der Waals surface area contributed by atoms with Crippen LogP contribution in [0.2, 0.25) is 0 Å². The molecule has 0 saturated carbocycles. The molecule has 176 valence electrons. The molecule has 5 rings (SSSR count). The first-order valence-electron chi connectivity index (χ1n) is 11.5. The second-order valence-electron chi connectivity index (χ2n) is 8.33. The zero-order chi connectivity index (χ0) is 23.7. The summed E-state index contributed by atoms with van der Waals surface area (Å²) in [5, 5.41) is 5.14. The minimum absolute atomic E-state index is 0.00174. The zero-order valence-electron chi connectivity index (χ0n) is 19.2. The van der Waals surface area contributed by atoms with Gasteiger partial charge in [-0.25, -0.2) is 4.98 Å². The molecular weight excluding hydrogens is 468 g/mol. The van der Waals surface area contributed by atoms with E-state index in [0.29, 0.717) is 17.1 Å². The number of nitrogens with zero attached hydrogens (tertiary/aromatic N) is 3. The molecule has 9 heteroatoms. The molecule has 0 bridgehead atoms. The number of hydrogen-bond acceptors (Lipinski definition) is 7. The van der Waals surface area contributed by atoms with Crippen LogP contribution in [0.5, 0.6) is 0 Å². The van der Waals surface area contributed by atoms with Gasteiger partial charge in [0.25, 0.3) is 5.56 Å². The number of nitrogens with one attached hydrogen (secondary N) is 1. The van der Waals surface area contributed by atoms with E-state index in [1.807, 2.05) is 37.3 Å². The highest BCUT2D eigenvalue weighted by Crippen LogP contribution is 2.30. The molecule has 3 aromatic heterocycles. The molecular formula is C25H26N4O3S2. The van der Waals surface area contributed by atoms with E-state index in [-0.39, 0.29) is 23.3 Å². The summed E-state index contributed by atoms with van der Waals surface area (Å²) in [7, 11) is 0. The summed E-state index contributed by atoms with van der Waals surface area (Å²) in [5.41, 5.74) is 2.57. The summed E-state index contributed by atoms with van der Waals surface area (Å²) >= 11 is 2.84. The van der Waals surface area contributed by atoms with Crippen LogP contribution in [0.3, 0.4) is 0 Å². The van der Waals surface area contributed by atoms with Gasteiger partial charge in [-0.05, 0) is 56.0 Å². The quantitative estimate of drug-likeness (QED) is 0.294. The van der Waals surface area contributed by atoms with Crippen LogP contribution >= 0.6 is 23.1 Å². The lowest BCUT2D eigenvalue weighted by Crippen LogP contribution is -2.29. The van der Waals surface area contributed by atoms with Gasteiger partial charge in [-0.3, -0.25) is 19.1 Å². The largest absolute Gasteiger partial charge is 0.376 e. The number of hydrogen-bond donors (Lipinski definition) is 1. The van der Waals surface area contributed by atoms with Gasteiger partial charge < -0.3 is 10.1 Å². The molecule has 1 fully saturated rings. The van der Waals surface area contributed by atoms with Crippen molar-refractivity contribution in [2.75, 3.05) is 17.7 Å². The van der Waals surface area contributed by atoms with E-state index in [4.69, 9.17) is 9.72 Å². The van der Waals surface area contributed by atoms with Crippen LogP contribution in [0.15, 0.2) is 46.5 Å². The molecule has 1 atom stereocenters. The van der Waals surface area contributed by atoms with Crippen LogP contribution in [-0.4, -0.2) is 38.9 Å². The number of thiophene rings is 1. The Morgan fingerprint density at radius 3 is 3.00 bits per heavy atom. The number of thioether (sulfide) groups is 1. The number of anilines is 1. The van der Waals surface area contributed by atoms with Crippen molar-refractivity contribution in [3.63, 3.8) is 0 Å². The van der Waals surface area contributed by atoms with Crippen LogP contribution < -0.4 is 10.9 Å². The number of pyridine rings is 1. The molecule has 1 amide bonds. The average molecular weight is 495 g/mol. The standard InChI is InChI=1S/C25H26N4O3S2/c1-3-17-15(2)34-23-22(17)24(31)29(13-16-7-6-12-32-16)25(28-23)33-14-21(30)27-20-10-4-9-19-18(20)8-5-11-26-19/h4-5,8-11,16H,3,6-7,12-14H2,1-2H3,(H,27,30). The number of benzene rings is 1. The fourth-order valence-electron chi connectivity index (χ4n) is 4.45. The summed E-state index contributed by atoms with van der Waals surface area (Å²) < 4.78 is 7.52. The second kappa shape index (κ2) is 9.85. The molecule has 0 aliphatic carbocycles. The Kier molecular flexibility index (Phi) is 6.67. The van der Waals surface area contributed by atoms with E-state index in [2.05, 4.69) is 17.2 Å². The number of aromatic nitrogens is 3. The Labute approximate surface area is 205 Å². The van der Waals surface area contributed by atoms with Crippen LogP contribution in [0, 0.1) is 6.92 Å². The Morgan fingerprint density at radius 1 is 1.32 bits per heavy atom. The third-order valence-electron chi connectivity index (χ3n) is 6.09. The number of amides is 1. The molecule has 7 nitrogen and oxygen atoms in total. The first-order valence-corrected chi connectivity index (χ1v) is 13.3. The molecule has 0 spiro atoms. The van der Waals surface area contributed by atoms with Crippen LogP contribution in [-0.2, 0) is 22.5 Å². The highest BCUT2D eigenvalue weighted by molar-refractivity contribution is 7.99. The SMILES string of the molecule is CCc1c(C)sc2nc(SCC(=O)Nc3cccc4ncccc34)n(CC3CCCO3)c(=O)c12. The number of carbonyl (C=O) groups is 1. The molecule has 1 aliphatic heterocycles. The monoisotopic (exact) mass is 494 g/mol. The van der Waals surface area contributed by atoms with Crippen LogP contribution in [0.4, 0.5) is 5.69 Å². The van der Waals surface area contributed by atoms with Crippen molar-refractivity contribution in [1.29, 1.82) is 0 Å². The van der Waals surface area contributed by atoms with Crippen LogP contribution in [0.1, 0.15) is 30.2 Å². The lowest BCUT2D eigenvalue weighted by molar-refractivity contribution is -0.113. The number of ether oxygens (including phenoxy) is 1. The number of aryl methyl sites for hydroxylation is 2. The molecule has 0 radical (unpaired) electrons. The molecule has 1 unspecified atom stereocenters. The fraction of sp³-hybridized carbons (Fsp3) is 0.360. The van der Waals surface area contributed by atoms with Crippen molar-refractivity contribution < 1.29 is 9.53 Å². The van der Waals surface area contributed by atoms with Crippen molar-refractivity contribution in [3.8, 4) is 0 Å². The molecule has 1 aliphatic rings. The molecule has 34 heavy (non-hydrogen) atoms. The Bertz CT molecular complexity index is 1420. The first kappa shape index (κ1) is 23.0. The van der Waals surface area contributed by atoms with Crippen molar-refractivity contribution in [2.45, 2.75) is 50.9 Å². The van der Waals surface area contributed by atoms with Crippen molar-refractivity contribution in [2.24, 2.45) is 0 Å². The van der Waals surface area contributed by atoms with Gasteiger partial charge in [-0.1, -0.05) is 24.8 Å². The van der Waals surface area contributed by atoms with Gasteiger partial charge in [0.15, 0.2) is 5.16 Å². The summed E-state index contributed by atoms with van der Waals surface area (Å²) in [6.07, 6.45) is 4.44. The maximum atomic E-state index is 13.6. The summed E-state index contributed by atoms with van der Waals surface area (Å²) in [5.74, 6) is -0.0125. The third-order valence-corrected chi connectivity index (χ3v) is 8.11. The van der Waals surface area contributed by atoms with Crippen LogP contribution in [0.25, 0.3) is 21.1 Å². The zero-order valence-corrected chi connectivity index (χ0v) is 20.8. The third kappa shape index (κ3) is 4.47. The van der Waals surface area contributed by atoms with E-state index in [9.17, 15) is 9.59 Å². The van der Waals surface area contributed by atoms with E-state index < -0.39 is 0 Å². The van der Waals surface area contributed by atoms with E-state index in [1.54, 1.807) is 22.1 Å². The van der Waals surface area contributed by atoms with Gasteiger partial charge in [0, 0.05) is 23.1 Å². The number of carbonyl (C=O) groups excluding carboxylic acids is 1. The minimum atomic E-state index is -0.157. The molecule has 4 heterocycles. The molecule has 4 aromatic rings. The maximum Gasteiger partial charge on any atom is 0.263 e.